The number of aryl methyl sites for hydroxylation is 2. The first-order valence-corrected chi connectivity index (χ1v) is 4.46. The molecule has 1 heterocycles. The van der Waals surface area contributed by atoms with Crippen LogP contribution in [0.4, 0.5) is 5.69 Å². The molecule has 0 fully saturated rings. The smallest absolute Gasteiger partial charge is 0.226 e. The average molecular weight is 188 g/mol. The van der Waals surface area contributed by atoms with Crippen molar-refractivity contribution in [1.29, 1.82) is 0 Å². The van der Waals surface area contributed by atoms with E-state index >= 15 is 0 Å². The zero-order valence-corrected chi connectivity index (χ0v) is 8.24. The van der Waals surface area contributed by atoms with Crippen LogP contribution < -0.4 is 5.73 Å². The molecule has 1 aromatic heterocycles. The second-order valence-corrected chi connectivity index (χ2v) is 3.35. The molecule has 0 saturated heterocycles. The molecule has 72 valence electrons. The number of anilines is 1. The minimum atomic E-state index is 0.644. The number of benzene rings is 1. The van der Waals surface area contributed by atoms with Crippen molar-refractivity contribution in [2.45, 2.75) is 13.8 Å². The van der Waals surface area contributed by atoms with Crippen LogP contribution in [0.3, 0.4) is 0 Å². The van der Waals surface area contributed by atoms with Gasteiger partial charge in [0.15, 0.2) is 0 Å². The normalized spacial score (nSPS) is 10.4. The molecule has 3 heteroatoms. The molecule has 3 nitrogen and oxygen atoms in total. The zero-order valence-electron chi connectivity index (χ0n) is 8.24. The van der Waals surface area contributed by atoms with Gasteiger partial charge in [-0.3, -0.25) is 0 Å². The SMILES string of the molecule is Cc1cnc(-c2ccc(N)c(C)c2)o1. The van der Waals surface area contributed by atoms with E-state index in [9.17, 15) is 0 Å². The Bertz CT molecular complexity index is 460. The summed E-state index contributed by atoms with van der Waals surface area (Å²) in [6.07, 6.45) is 1.71. The maximum absolute atomic E-state index is 5.72. The first kappa shape index (κ1) is 8.81. The summed E-state index contributed by atoms with van der Waals surface area (Å²) >= 11 is 0. The Morgan fingerprint density at radius 3 is 2.64 bits per heavy atom. The van der Waals surface area contributed by atoms with Gasteiger partial charge in [0, 0.05) is 11.3 Å². The Labute approximate surface area is 82.6 Å². The molecule has 14 heavy (non-hydrogen) atoms. The summed E-state index contributed by atoms with van der Waals surface area (Å²) in [6.45, 7) is 3.84. The van der Waals surface area contributed by atoms with E-state index < -0.39 is 0 Å². The average Bonchev–Trinajstić information content (AvgIpc) is 2.57. The molecule has 0 aliphatic heterocycles. The Balaban J connectivity index is 2.47. The predicted octanol–water partition coefficient (Wildman–Crippen LogP) is 2.54. The van der Waals surface area contributed by atoms with Crippen molar-refractivity contribution in [3.63, 3.8) is 0 Å². The number of nitrogen functional groups attached to an aromatic ring is 1. The third-order valence-electron chi connectivity index (χ3n) is 2.14. The first-order valence-electron chi connectivity index (χ1n) is 4.46. The summed E-state index contributed by atoms with van der Waals surface area (Å²) in [4.78, 5) is 4.15. The molecular weight excluding hydrogens is 176 g/mol. The Kier molecular flexibility index (Phi) is 2.00. The highest BCUT2D eigenvalue weighted by molar-refractivity contribution is 5.60. The van der Waals surface area contributed by atoms with Crippen LogP contribution in [-0.2, 0) is 0 Å². The number of hydrogen-bond acceptors (Lipinski definition) is 3. The van der Waals surface area contributed by atoms with Gasteiger partial charge in [-0.2, -0.15) is 0 Å². The highest BCUT2D eigenvalue weighted by atomic mass is 16.4. The molecule has 0 aliphatic carbocycles. The van der Waals surface area contributed by atoms with Crippen LogP contribution in [0.25, 0.3) is 11.5 Å². The quantitative estimate of drug-likeness (QED) is 0.699. The lowest BCUT2D eigenvalue weighted by atomic mass is 10.1. The number of nitrogens with two attached hydrogens (primary N) is 1. The summed E-state index contributed by atoms with van der Waals surface area (Å²) in [7, 11) is 0. The minimum absolute atomic E-state index is 0.644. The molecule has 0 spiro atoms. The number of oxazole rings is 1. The van der Waals surface area contributed by atoms with Gasteiger partial charge in [0.2, 0.25) is 5.89 Å². The third-order valence-corrected chi connectivity index (χ3v) is 2.14. The van der Waals surface area contributed by atoms with E-state index in [0.717, 1.165) is 22.6 Å². The lowest BCUT2D eigenvalue weighted by molar-refractivity contribution is 0.542. The molecule has 2 N–H and O–H groups in total. The summed E-state index contributed by atoms with van der Waals surface area (Å²) in [5.41, 5.74) is 8.51. The maximum atomic E-state index is 5.72. The molecule has 0 aliphatic rings. The highest BCUT2D eigenvalue weighted by Crippen LogP contribution is 2.22. The Morgan fingerprint density at radius 2 is 2.07 bits per heavy atom. The first-order chi connectivity index (χ1) is 6.66. The van der Waals surface area contributed by atoms with Crippen molar-refractivity contribution in [3.8, 4) is 11.5 Å². The number of aromatic nitrogens is 1. The third kappa shape index (κ3) is 1.48. The molecule has 0 radical (unpaired) electrons. The van der Waals surface area contributed by atoms with Crippen LogP contribution in [0.15, 0.2) is 28.8 Å². The van der Waals surface area contributed by atoms with Crippen molar-refractivity contribution >= 4 is 5.69 Å². The van der Waals surface area contributed by atoms with Crippen molar-refractivity contribution < 1.29 is 4.42 Å². The Morgan fingerprint density at radius 1 is 1.29 bits per heavy atom. The van der Waals surface area contributed by atoms with E-state index in [1.54, 1.807) is 6.20 Å². The highest BCUT2D eigenvalue weighted by Gasteiger charge is 2.05. The molecule has 2 aromatic rings. The van der Waals surface area contributed by atoms with Gasteiger partial charge in [0.05, 0.1) is 6.20 Å². The molecule has 0 atom stereocenters. The number of hydrogen-bond donors (Lipinski definition) is 1. The molecular formula is C11H12N2O. The van der Waals surface area contributed by atoms with Crippen LogP contribution in [0.2, 0.25) is 0 Å². The maximum Gasteiger partial charge on any atom is 0.226 e. The summed E-state index contributed by atoms with van der Waals surface area (Å²) < 4.78 is 5.41. The van der Waals surface area contributed by atoms with Crippen LogP contribution in [-0.4, -0.2) is 4.98 Å². The molecule has 0 amide bonds. The van der Waals surface area contributed by atoms with E-state index in [4.69, 9.17) is 10.2 Å². The van der Waals surface area contributed by atoms with Gasteiger partial charge in [-0.05, 0) is 37.6 Å². The monoisotopic (exact) mass is 188 g/mol. The minimum Gasteiger partial charge on any atom is -0.441 e. The van der Waals surface area contributed by atoms with Gasteiger partial charge in [-0.1, -0.05) is 0 Å². The molecule has 2 rings (SSSR count). The summed E-state index contributed by atoms with van der Waals surface area (Å²) in [5, 5.41) is 0. The molecule has 0 saturated carbocycles. The van der Waals surface area contributed by atoms with E-state index in [0.29, 0.717) is 5.89 Å². The predicted molar refractivity (Wildman–Crippen MR) is 55.8 cm³/mol. The van der Waals surface area contributed by atoms with E-state index in [2.05, 4.69) is 4.98 Å². The van der Waals surface area contributed by atoms with E-state index in [1.165, 1.54) is 0 Å². The van der Waals surface area contributed by atoms with Crippen molar-refractivity contribution in [2.75, 3.05) is 5.73 Å². The fourth-order valence-electron chi connectivity index (χ4n) is 1.30. The largest absolute Gasteiger partial charge is 0.441 e. The standard InChI is InChI=1S/C11H12N2O/c1-7-5-9(3-4-10(7)12)11-13-6-8(2)14-11/h3-6H,12H2,1-2H3. The van der Waals surface area contributed by atoms with E-state index in [-0.39, 0.29) is 0 Å². The van der Waals surface area contributed by atoms with Crippen LogP contribution >= 0.6 is 0 Å². The summed E-state index contributed by atoms with van der Waals surface area (Å²) in [6, 6.07) is 5.75. The lowest BCUT2D eigenvalue weighted by Gasteiger charge is -2.01. The number of rotatable bonds is 1. The molecule has 1 aromatic carbocycles. The van der Waals surface area contributed by atoms with Crippen molar-refractivity contribution in [3.05, 3.63) is 35.7 Å². The Hall–Kier alpha value is -1.77. The van der Waals surface area contributed by atoms with Crippen LogP contribution in [0.5, 0.6) is 0 Å². The van der Waals surface area contributed by atoms with Crippen molar-refractivity contribution in [2.24, 2.45) is 0 Å². The fourth-order valence-corrected chi connectivity index (χ4v) is 1.30. The zero-order chi connectivity index (χ0) is 10.1. The van der Waals surface area contributed by atoms with Crippen LogP contribution in [0.1, 0.15) is 11.3 Å². The van der Waals surface area contributed by atoms with Gasteiger partial charge in [0.25, 0.3) is 0 Å². The topological polar surface area (TPSA) is 52.0 Å². The van der Waals surface area contributed by atoms with Gasteiger partial charge in [-0.15, -0.1) is 0 Å². The summed E-state index contributed by atoms with van der Waals surface area (Å²) in [5.74, 6) is 1.46. The van der Waals surface area contributed by atoms with E-state index in [1.807, 2.05) is 32.0 Å². The van der Waals surface area contributed by atoms with Gasteiger partial charge >= 0.3 is 0 Å². The molecule has 0 bridgehead atoms. The number of nitrogens with zero attached hydrogens (tertiary/aromatic N) is 1. The van der Waals surface area contributed by atoms with Crippen molar-refractivity contribution in [1.82, 2.24) is 4.98 Å². The van der Waals surface area contributed by atoms with Gasteiger partial charge in [-0.25, -0.2) is 4.98 Å². The van der Waals surface area contributed by atoms with Gasteiger partial charge < -0.3 is 10.2 Å². The molecule has 0 unspecified atom stereocenters. The second-order valence-electron chi connectivity index (χ2n) is 3.35. The van der Waals surface area contributed by atoms with Gasteiger partial charge in [0.1, 0.15) is 5.76 Å². The lowest BCUT2D eigenvalue weighted by Crippen LogP contribution is -1.89. The second kappa shape index (κ2) is 3.18. The van der Waals surface area contributed by atoms with Crippen LogP contribution in [0, 0.1) is 13.8 Å². The fraction of sp³-hybridized carbons (Fsp3) is 0.182.